The first kappa shape index (κ1) is 26.3. The van der Waals surface area contributed by atoms with Crippen molar-refractivity contribution in [2.45, 2.75) is 31.5 Å². The van der Waals surface area contributed by atoms with Gasteiger partial charge < -0.3 is 20.1 Å². The zero-order valence-electron chi connectivity index (χ0n) is 21.9. The summed E-state index contributed by atoms with van der Waals surface area (Å²) in [5.74, 6) is -0.537. The maximum absolute atomic E-state index is 14.5. The second-order valence-corrected chi connectivity index (χ2v) is 11.2. The number of rotatable bonds is 6. The van der Waals surface area contributed by atoms with Crippen LogP contribution in [0.15, 0.2) is 58.2 Å². The largest absolute Gasteiger partial charge is 0.506 e. The molecule has 0 atom stereocenters. The number of hydrogen-bond acceptors (Lipinski definition) is 8. The third kappa shape index (κ3) is 4.91. The molecule has 0 unspecified atom stereocenters. The molecule has 6 rings (SSSR count). The third-order valence-corrected chi connectivity index (χ3v) is 8.64. The fourth-order valence-electron chi connectivity index (χ4n) is 5.43. The number of aromatic nitrogens is 2. The molecule has 2 aliphatic heterocycles. The number of aryl methyl sites for hydroxylation is 1. The molecule has 0 spiro atoms. The molecule has 9 nitrogen and oxygen atoms in total. The van der Waals surface area contributed by atoms with Crippen LogP contribution >= 0.6 is 11.9 Å². The van der Waals surface area contributed by atoms with Crippen LogP contribution in [0.1, 0.15) is 22.3 Å². The maximum atomic E-state index is 14.5. The molecule has 0 bridgehead atoms. The number of ether oxygens (including phenoxy) is 1. The topological polar surface area (TPSA) is 114 Å². The highest BCUT2D eigenvalue weighted by molar-refractivity contribution is 7.97. The van der Waals surface area contributed by atoms with Gasteiger partial charge in [0.15, 0.2) is 0 Å². The lowest BCUT2D eigenvalue weighted by Crippen LogP contribution is -2.43. The zero-order chi connectivity index (χ0) is 28.0. The lowest BCUT2D eigenvalue weighted by molar-refractivity contribution is 0.0848. The molecular weight excluding hydrogens is 533 g/mol. The number of hydrogen-bond donors (Lipinski definition) is 2. The Labute approximate surface area is 234 Å². The average Bonchev–Trinajstić information content (AvgIpc) is 3.29. The van der Waals surface area contributed by atoms with Crippen molar-refractivity contribution in [1.29, 1.82) is 0 Å². The Balaban J connectivity index is 1.34. The van der Waals surface area contributed by atoms with Crippen LogP contribution in [0.5, 0.6) is 0 Å². The van der Waals surface area contributed by atoms with Crippen molar-refractivity contribution in [3.63, 3.8) is 0 Å². The summed E-state index contributed by atoms with van der Waals surface area (Å²) in [4.78, 5) is 32.7. The molecule has 1 fully saturated rings. The summed E-state index contributed by atoms with van der Waals surface area (Å²) < 4.78 is 23.2. The first-order chi connectivity index (χ1) is 19.3. The number of benzene rings is 2. The molecule has 3 N–H and O–H groups in total. The second-order valence-electron chi connectivity index (χ2n) is 10.1. The summed E-state index contributed by atoms with van der Waals surface area (Å²) in [7, 11) is 0. The lowest BCUT2D eigenvalue weighted by Gasteiger charge is -2.34. The van der Waals surface area contributed by atoms with E-state index in [1.807, 2.05) is 24.3 Å². The fourth-order valence-corrected chi connectivity index (χ4v) is 6.36. The maximum Gasteiger partial charge on any atom is 0.506 e. The monoisotopic (exact) mass is 561 g/mol. The molecule has 4 aromatic rings. The van der Waals surface area contributed by atoms with Crippen molar-refractivity contribution in [3.05, 3.63) is 87.0 Å². The number of halogens is 1. The van der Waals surface area contributed by atoms with Gasteiger partial charge in [0.05, 0.1) is 34.7 Å². The number of fused-ring (bicyclic) bond motifs is 4. The van der Waals surface area contributed by atoms with Crippen LogP contribution < -0.4 is 11.3 Å². The summed E-state index contributed by atoms with van der Waals surface area (Å²) in [6.07, 6.45) is -1.44. The van der Waals surface area contributed by atoms with Crippen molar-refractivity contribution in [2.24, 2.45) is 0 Å². The van der Waals surface area contributed by atoms with Crippen LogP contribution in [0, 0.1) is 12.7 Å². The van der Waals surface area contributed by atoms with E-state index in [-0.39, 0.29) is 30.0 Å². The summed E-state index contributed by atoms with van der Waals surface area (Å²) in [5, 5.41) is 9.71. The normalized spacial score (nSPS) is 15.2. The Kier molecular flexibility index (Phi) is 6.95. The van der Waals surface area contributed by atoms with E-state index in [1.54, 1.807) is 29.5 Å². The van der Waals surface area contributed by atoms with Crippen LogP contribution in [-0.4, -0.2) is 56.2 Å². The minimum Gasteiger partial charge on any atom is -0.450 e. The number of carbonyl (C=O) groups is 1. The van der Waals surface area contributed by atoms with Crippen molar-refractivity contribution in [2.75, 3.05) is 31.9 Å². The molecule has 2 aromatic carbocycles. The predicted molar refractivity (Wildman–Crippen MR) is 152 cm³/mol. The fraction of sp³-hybridized carbons (Fsp3) is 0.276. The highest BCUT2D eigenvalue weighted by atomic mass is 32.2. The van der Waals surface area contributed by atoms with Gasteiger partial charge in [-0.15, -0.1) is 0 Å². The van der Waals surface area contributed by atoms with Gasteiger partial charge in [-0.25, -0.2) is 18.5 Å². The van der Waals surface area contributed by atoms with E-state index >= 15 is 0 Å². The van der Waals surface area contributed by atoms with Gasteiger partial charge in [0.2, 0.25) is 0 Å². The number of pyridine rings is 2. The molecule has 0 saturated carbocycles. The molecule has 2 aromatic heterocycles. The molecular formula is C29H28FN5O4S. The van der Waals surface area contributed by atoms with Crippen molar-refractivity contribution < 1.29 is 19.0 Å². The summed E-state index contributed by atoms with van der Waals surface area (Å²) in [6, 6.07) is 15.1. The van der Waals surface area contributed by atoms with E-state index in [9.17, 15) is 14.0 Å². The van der Waals surface area contributed by atoms with Gasteiger partial charge in [-0.1, -0.05) is 18.2 Å². The van der Waals surface area contributed by atoms with Gasteiger partial charge in [0, 0.05) is 54.6 Å². The molecule has 206 valence electrons. The average molecular weight is 562 g/mol. The van der Waals surface area contributed by atoms with E-state index in [0.29, 0.717) is 29.0 Å². The number of piperazine rings is 1. The SMILES string of the molecule is Cc1cc2n(c(=O)c1COC(=O)O)Cc1c-2nc2cc(F)c(N)cc2c1CN1CCN(Sc2ccccc2)CC1. The van der Waals surface area contributed by atoms with Crippen LogP contribution in [0.2, 0.25) is 0 Å². The molecule has 40 heavy (non-hydrogen) atoms. The van der Waals surface area contributed by atoms with E-state index in [1.165, 1.54) is 11.0 Å². The van der Waals surface area contributed by atoms with Crippen molar-refractivity contribution in [3.8, 4) is 11.4 Å². The zero-order valence-corrected chi connectivity index (χ0v) is 22.7. The van der Waals surface area contributed by atoms with Gasteiger partial charge in [0.25, 0.3) is 5.56 Å². The molecule has 4 heterocycles. The van der Waals surface area contributed by atoms with Crippen LogP contribution in [0.25, 0.3) is 22.3 Å². The van der Waals surface area contributed by atoms with Crippen LogP contribution in [-0.2, 0) is 24.4 Å². The van der Waals surface area contributed by atoms with E-state index < -0.39 is 12.0 Å². The van der Waals surface area contributed by atoms with Crippen molar-refractivity contribution in [1.82, 2.24) is 18.8 Å². The van der Waals surface area contributed by atoms with E-state index in [2.05, 4.69) is 21.3 Å². The van der Waals surface area contributed by atoms with Crippen LogP contribution in [0.3, 0.4) is 0 Å². The molecule has 0 amide bonds. The number of nitrogens with zero attached hydrogens (tertiary/aromatic N) is 4. The molecule has 2 aliphatic rings. The van der Waals surface area contributed by atoms with Gasteiger partial charge in [-0.05, 0) is 54.3 Å². The molecule has 11 heteroatoms. The highest BCUT2D eigenvalue weighted by Crippen LogP contribution is 2.38. The Morgan fingerprint density at radius 2 is 1.88 bits per heavy atom. The Hall–Kier alpha value is -3.93. The number of nitrogens with two attached hydrogens (primary N) is 1. The molecule has 0 radical (unpaired) electrons. The number of anilines is 1. The summed E-state index contributed by atoms with van der Waals surface area (Å²) in [5.41, 5.74) is 10.2. The molecule has 1 saturated heterocycles. The quantitative estimate of drug-likeness (QED) is 0.176. The highest BCUT2D eigenvalue weighted by Gasteiger charge is 2.29. The van der Waals surface area contributed by atoms with Crippen LogP contribution in [0.4, 0.5) is 14.9 Å². The van der Waals surface area contributed by atoms with Gasteiger partial charge in [-0.2, -0.15) is 0 Å². The van der Waals surface area contributed by atoms with Gasteiger partial charge in [0.1, 0.15) is 12.4 Å². The summed E-state index contributed by atoms with van der Waals surface area (Å²) >= 11 is 1.75. The first-order valence-corrected chi connectivity index (χ1v) is 13.8. The standard InChI is InChI=1S/C29H28FN5O4S/c1-17-11-26-27-21(15-35(26)28(36)22(17)16-39-29(37)38)20(19-12-24(31)23(30)13-25(19)32-27)14-33-7-9-34(10-8-33)40-18-5-3-2-4-6-18/h2-6,11-13H,7-10,14-16,31H2,1H3,(H,37,38). The first-order valence-electron chi connectivity index (χ1n) is 13.0. The lowest BCUT2D eigenvalue weighted by atomic mass is 9.99. The minimum atomic E-state index is -1.44. The Morgan fingerprint density at radius 1 is 1.12 bits per heavy atom. The Bertz CT molecular complexity index is 1690. The summed E-state index contributed by atoms with van der Waals surface area (Å²) in [6.45, 7) is 5.76. The van der Waals surface area contributed by atoms with Gasteiger partial charge >= 0.3 is 6.16 Å². The van der Waals surface area contributed by atoms with Gasteiger partial charge in [-0.3, -0.25) is 9.69 Å². The van der Waals surface area contributed by atoms with E-state index in [0.717, 1.165) is 42.7 Å². The van der Waals surface area contributed by atoms with Crippen molar-refractivity contribution >= 4 is 34.7 Å². The van der Waals surface area contributed by atoms with E-state index in [4.69, 9.17) is 20.6 Å². The molecule has 0 aliphatic carbocycles. The number of nitrogen functional groups attached to an aromatic ring is 1. The second kappa shape index (κ2) is 10.6. The Morgan fingerprint density at radius 3 is 2.60 bits per heavy atom. The smallest absolute Gasteiger partial charge is 0.450 e. The third-order valence-electron chi connectivity index (χ3n) is 7.54. The minimum absolute atomic E-state index is 0.0520. The number of carboxylic acid groups (broad SMARTS) is 1. The predicted octanol–water partition coefficient (Wildman–Crippen LogP) is 4.47.